The Morgan fingerprint density at radius 2 is 1.52 bits per heavy atom. The van der Waals surface area contributed by atoms with Gasteiger partial charge >= 0.3 is 11.3 Å². The first-order valence-corrected chi connectivity index (χ1v) is 10.4. The Kier molecular flexibility index (Phi) is 6.58. The normalized spacial score (nSPS) is 10.8. The molecule has 0 N–H and O–H groups in total. The molecule has 0 aliphatic rings. The Bertz CT molecular complexity index is 1320. The summed E-state index contributed by atoms with van der Waals surface area (Å²) in [7, 11) is -3.09. The van der Waals surface area contributed by atoms with Gasteiger partial charge in [-0.15, -0.1) is 0 Å². The van der Waals surface area contributed by atoms with Crippen LogP contribution in [0.2, 0.25) is 0 Å². The first-order valence-electron chi connectivity index (χ1n) is 8.96. The SMILES string of the molecule is COc1cc(-c2ccccc2)[o+]c2ccccc12.O=[N+]([O-])c1ccccc1S(=O)(=O)[O-]. The van der Waals surface area contributed by atoms with E-state index in [0.29, 0.717) is 0 Å². The lowest BCUT2D eigenvalue weighted by molar-refractivity contribution is -0.387. The number of rotatable bonds is 4. The van der Waals surface area contributed by atoms with E-state index >= 15 is 0 Å². The molecule has 0 saturated heterocycles. The van der Waals surface area contributed by atoms with Crippen molar-refractivity contribution in [3.05, 3.63) is 95.0 Å². The molecule has 0 aliphatic heterocycles. The minimum atomic E-state index is -4.77. The molecular formula is C22H17NO7S. The second-order valence-electron chi connectivity index (χ2n) is 6.22. The summed E-state index contributed by atoms with van der Waals surface area (Å²) in [4.78, 5) is 8.55. The molecule has 9 heteroatoms. The topological polar surface area (TPSA) is 121 Å². The monoisotopic (exact) mass is 439 g/mol. The number of hydrogen-bond donors (Lipinski definition) is 0. The fourth-order valence-electron chi connectivity index (χ4n) is 2.84. The molecule has 4 aromatic rings. The van der Waals surface area contributed by atoms with Gasteiger partial charge < -0.3 is 9.29 Å². The van der Waals surface area contributed by atoms with Crippen molar-refractivity contribution < 1.29 is 27.0 Å². The van der Waals surface area contributed by atoms with Crippen molar-refractivity contribution in [2.45, 2.75) is 4.90 Å². The van der Waals surface area contributed by atoms with Crippen molar-refractivity contribution in [3.8, 4) is 17.1 Å². The highest BCUT2D eigenvalue weighted by molar-refractivity contribution is 7.85. The van der Waals surface area contributed by atoms with Gasteiger partial charge in [0.1, 0.15) is 26.1 Å². The number of nitrogens with zero attached hydrogens (tertiary/aromatic N) is 1. The van der Waals surface area contributed by atoms with E-state index in [0.717, 1.165) is 40.2 Å². The van der Waals surface area contributed by atoms with Crippen LogP contribution in [0.15, 0.2) is 94.2 Å². The van der Waals surface area contributed by atoms with E-state index in [1.165, 1.54) is 12.1 Å². The summed E-state index contributed by atoms with van der Waals surface area (Å²) in [5.74, 6) is 1.64. The number of benzene rings is 3. The maximum Gasteiger partial charge on any atom is 0.364 e. The summed E-state index contributed by atoms with van der Waals surface area (Å²) in [5.41, 5.74) is 1.18. The average Bonchev–Trinajstić information content (AvgIpc) is 2.78. The van der Waals surface area contributed by atoms with E-state index in [4.69, 9.17) is 9.15 Å². The number of methoxy groups -OCH3 is 1. The van der Waals surface area contributed by atoms with E-state index in [1.54, 1.807) is 7.11 Å². The Balaban J connectivity index is 0.000000187. The average molecular weight is 439 g/mol. The third-order valence-electron chi connectivity index (χ3n) is 4.24. The Morgan fingerprint density at radius 1 is 0.903 bits per heavy atom. The molecule has 1 heterocycles. The van der Waals surface area contributed by atoms with Gasteiger partial charge in [-0.3, -0.25) is 10.1 Å². The fraction of sp³-hybridized carbons (Fsp3) is 0.0455. The molecule has 0 aliphatic carbocycles. The summed E-state index contributed by atoms with van der Waals surface area (Å²) < 4.78 is 42.8. The smallest absolute Gasteiger partial charge is 0.364 e. The third kappa shape index (κ3) is 5.21. The Hall–Kier alpha value is -3.82. The molecule has 4 rings (SSSR count). The van der Waals surface area contributed by atoms with E-state index in [1.807, 2.05) is 60.7 Å². The van der Waals surface area contributed by atoms with Gasteiger partial charge in [-0.1, -0.05) is 42.5 Å². The highest BCUT2D eigenvalue weighted by Gasteiger charge is 2.19. The van der Waals surface area contributed by atoms with E-state index in [9.17, 15) is 23.1 Å². The number of nitro groups is 1. The molecule has 31 heavy (non-hydrogen) atoms. The number of para-hydroxylation sites is 2. The van der Waals surface area contributed by atoms with Gasteiger partial charge in [0.05, 0.1) is 23.7 Å². The van der Waals surface area contributed by atoms with Crippen LogP contribution in [0.3, 0.4) is 0 Å². The number of hydrogen-bond acceptors (Lipinski definition) is 6. The van der Waals surface area contributed by atoms with Gasteiger partial charge in [-0.2, -0.15) is 0 Å². The molecule has 0 atom stereocenters. The maximum absolute atomic E-state index is 10.5. The van der Waals surface area contributed by atoms with Crippen molar-refractivity contribution in [2.24, 2.45) is 0 Å². The van der Waals surface area contributed by atoms with Crippen LogP contribution in [0.5, 0.6) is 5.75 Å². The summed E-state index contributed by atoms with van der Waals surface area (Å²) in [6.07, 6.45) is 0. The molecule has 0 unspecified atom stereocenters. The van der Waals surface area contributed by atoms with Crippen molar-refractivity contribution in [2.75, 3.05) is 7.11 Å². The van der Waals surface area contributed by atoms with Crippen molar-refractivity contribution >= 4 is 26.8 Å². The number of fused-ring (bicyclic) bond motifs is 1. The largest absolute Gasteiger partial charge is 0.744 e. The van der Waals surface area contributed by atoms with E-state index in [-0.39, 0.29) is 0 Å². The van der Waals surface area contributed by atoms with Crippen molar-refractivity contribution in [1.82, 2.24) is 0 Å². The zero-order valence-corrected chi connectivity index (χ0v) is 17.1. The standard InChI is InChI=1S/C16H13O2.C6H5NO5S/c1-17-16-11-15(12-7-3-2-4-8-12)18-14-10-6-5-9-13(14)16;8-7(9)5-3-1-2-4-6(5)13(10,11)12/h2-11H,1H3;1-4H,(H,10,11,12)/q+1;/p-1. The predicted molar refractivity (Wildman–Crippen MR) is 114 cm³/mol. The zero-order chi connectivity index (χ0) is 22.4. The summed E-state index contributed by atoms with van der Waals surface area (Å²) in [6, 6.07) is 24.2. The zero-order valence-electron chi connectivity index (χ0n) is 16.3. The van der Waals surface area contributed by atoms with Crippen LogP contribution >= 0.6 is 0 Å². The number of ether oxygens (including phenoxy) is 1. The second-order valence-corrected chi connectivity index (χ2v) is 7.57. The highest BCUT2D eigenvalue weighted by atomic mass is 32.2. The van der Waals surface area contributed by atoms with Gasteiger partial charge in [-0.05, 0) is 24.3 Å². The predicted octanol–water partition coefficient (Wildman–Crippen LogP) is 4.89. The molecule has 0 spiro atoms. The molecule has 0 bridgehead atoms. The Morgan fingerprint density at radius 3 is 2.13 bits per heavy atom. The van der Waals surface area contributed by atoms with Gasteiger partial charge in [0.2, 0.25) is 0 Å². The second kappa shape index (κ2) is 9.33. The molecule has 0 fully saturated rings. The van der Waals surface area contributed by atoms with Crippen LogP contribution in [-0.2, 0) is 10.1 Å². The minimum Gasteiger partial charge on any atom is -0.744 e. The minimum absolute atomic E-state index is 0.697. The molecule has 3 aromatic carbocycles. The van der Waals surface area contributed by atoms with Crippen LogP contribution in [0.1, 0.15) is 0 Å². The van der Waals surface area contributed by atoms with Crippen molar-refractivity contribution in [3.63, 3.8) is 0 Å². The van der Waals surface area contributed by atoms with Crippen LogP contribution in [0, 0.1) is 10.1 Å². The third-order valence-corrected chi connectivity index (χ3v) is 5.13. The quantitative estimate of drug-likeness (QED) is 0.192. The lowest BCUT2D eigenvalue weighted by atomic mass is 10.1. The number of nitro benzene ring substituents is 1. The van der Waals surface area contributed by atoms with Crippen molar-refractivity contribution in [1.29, 1.82) is 0 Å². The van der Waals surface area contributed by atoms with Crippen LogP contribution in [0.25, 0.3) is 22.3 Å². The summed E-state index contributed by atoms with van der Waals surface area (Å²) >= 11 is 0. The van der Waals surface area contributed by atoms with Crippen LogP contribution < -0.4 is 4.74 Å². The maximum atomic E-state index is 10.5. The molecule has 8 nitrogen and oxygen atoms in total. The van der Waals surface area contributed by atoms with E-state index < -0.39 is 25.6 Å². The van der Waals surface area contributed by atoms with Gasteiger partial charge in [0.15, 0.2) is 0 Å². The summed E-state index contributed by atoms with van der Waals surface area (Å²) in [6.45, 7) is 0. The molecule has 158 valence electrons. The van der Waals surface area contributed by atoms with Gasteiger partial charge in [-0.25, -0.2) is 12.8 Å². The molecule has 0 amide bonds. The lowest BCUT2D eigenvalue weighted by Crippen LogP contribution is -2.02. The lowest BCUT2D eigenvalue weighted by Gasteiger charge is -2.06. The molecule has 1 aromatic heterocycles. The Labute approximate surface area is 178 Å². The van der Waals surface area contributed by atoms with Crippen LogP contribution in [-0.4, -0.2) is 25.0 Å². The molecule has 0 radical (unpaired) electrons. The van der Waals surface area contributed by atoms with Gasteiger partial charge in [0, 0.05) is 12.1 Å². The fourth-order valence-corrected chi connectivity index (χ4v) is 3.48. The first-order chi connectivity index (χ1) is 14.8. The molecular weight excluding hydrogens is 422 g/mol. The van der Waals surface area contributed by atoms with E-state index in [2.05, 4.69) is 0 Å². The first kappa shape index (κ1) is 21.9. The molecule has 0 saturated carbocycles. The summed E-state index contributed by atoms with van der Waals surface area (Å²) in [5, 5.41) is 11.3. The van der Waals surface area contributed by atoms with Crippen LogP contribution in [0.4, 0.5) is 5.69 Å². The van der Waals surface area contributed by atoms with Gasteiger partial charge in [0.25, 0.3) is 5.69 Å². The highest BCUT2D eigenvalue weighted by Crippen LogP contribution is 2.32.